The molecule has 1 aliphatic heterocycles. The van der Waals surface area contributed by atoms with Gasteiger partial charge in [-0.05, 0) is 18.6 Å². The molecule has 4 aromatic rings. The molecular formula is C22H22N8O2. The Hall–Kier alpha value is -4.05. The lowest BCUT2D eigenvalue weighted by molar-refractivity contribution is 0.122. The third-order valence-electron chi connectivity index (χ3n) is 5.14. The Balaban J connectivity index is 1.56. The second-order valence-corrected chi connectivity index (χ2v) is 7.45. The number of ether oxygens (including phenoxy) is 1. The number of hydrogen-bond acceptors (Lipinski definition) is 8. The first-order chi connectivity index (χ1) is 15.7. The van der Waals surface area contributed by atoms with Crippen LogP contribution in [-0.2, 0) is 4.74 Å². The van der Waals surface area contributed by atoms with E-state index in [1.54, 1.807) is 29.4 Å². The molecule has 0 atom stereocenters. The van der Waals surface area contributed by atoms with Crippen LogP contribution in [0.4, 0.5) is 11.8 Å². The molecule has 162 valence electrons. The summed E-state index contributed by atoms with van der Waals surface area (Å²) >= 11 is 0. The molecule has 0 spiro atoms. The summed E-state index contributed by atoms with van der Waals surface area (Å²) in [6, 6.07) is 11.3. The van der Waals surface area contributed by atoms with Crippen molar-refractivity contribution in [1.82, 2.24) is 24.5 Å². The number of hydrogen-bond donors (Lipinski definition) is 2. The monoisotopic (exact) mass is 430 g/mol. The molecule has 32 heavy (non-hydrogen) atoms. The Labute approximate surface area is 183 Å². The van der Waals surface area contributed by atoms with Gasteiger partial charge in [0.25, 0.3) is 0 Å². The normalized spacial score (nSPS) is 14.3. The van der Waals surface area contributed by atoms with Gasteiger partial charge in [-0.25, -0.2) is 4.98 Å². The third kappa shape index (κ3) is 4.08. The van der Waals surface area contributed by atoms with E-state index in [2.05, 4.69) is 30.4 Å². The molecule has 0 unspecified atom stereocenters. The number of nitrogens with one attached hydrogen (secondary N) is 2. The van der Waals surface area contributed by atoms with Crippen molar-refractivity contribution in [2.75, 3.05) is 36.6 Å². The number of rotatable bonds is 5. The van der Waals surface area contributed by atoms with Crippen LogP contribution in [0.15, 0.2) is 58.8 Å². The molecule has 0 aliphatic carbocycles. The average molecular weight is 430 g/mol. The molecule has 0 radical (unpaired) electrons. The standard InChI is InChI=1S/C22H22N8O2/c1-15-3-2-4-16(11-15)13-25-28-20-19-21(27-22(26-20)29-7-9-32-10-8-29)30(14-24-19)17-5-6-23-18(31)12-17/h2-6,11-14H,7-10H2,1H3,(H,23,31)(H,26,27,28)/b25-13+. The third-order valence-corrected chi connectivity index (χ3v) is 5.14. The van der Waals surface area contributed by atoms with E-state index in [-0.39, 0.29) is 5.56 Å². The summed E-state index contributed by atoms with van der Waals surface area (Å²) in [6.45, 7) is 4.65. The summed E-state index contributed by atoms with van der Waals surface area (Å²) in [5, 5.41) is 4.37. The maximum atomic E-state index is 11.8. The van der Waals surface area contributed by atoms with Crippen molar-refractivity contribution in [3.05, 3.63) is 70.4 Å². The summed E-state index contributed by atoms with van der Waals surface area (Å²) in [5.74, 6) is 1.05. The SMILES string of the molecule is Cc1cccc(/C=N/Nc2nc(N3CCOCC3)nc3c2ncn3-c2cc[nH]c(=O)c2)c1. The van der Waals surface area contributed by atoms with Gasteiger partial charge < -0.3 is 14.6 Å². The molecular weight excluding hydrogens is 408 g/mol. The second-order valence-electron chi connectivity index (χ2n) is 7.45. The van der Waals surface area contributed by atoms with Gasteiger partial charge in [0.2, 0.25) is 11.5 Å². The molecule has 0 saturated carbocycles. The Morgan fingerprint density at radius 3 is 2.88 bits per heavy atom. The minimum atomic E-state index is -0.201. The average Bonchev–Trinajstić information content (AvgIpc) is 3.24. The minimum absolute atomic E-state index is 0.201. The number of hydrazone groups is 1. The highest BCUT2D eigenvalue weighted by Gasteiger charge is 2.19. The lowest BCUT2D eigenvalue weighted by Crippen LogP contribution is -2.37. The molecule has 5 rings (SSSR count). The lowest BCUT2D eigenvalue weighted by Gasteiger charge is -2.27. The van der Waals surface area contributed by atoms with Gasteiger partial charge in [0.05, 0.1) is 25.1 Å². The number of benzene rings is 1. The summed E-state index contributed by atoms with van der Waals surface area (Å²) in [4.78, 5) is 30.5. The molecule has 2 N–H and O–H groups in total. The number of aromatic nitrogens is 5. The zero-order valence-corrected chi connectivity index (χ0v) is 17.5. The fourth-order valence-electron chi connectivity index (χ4n) is 3.56. The zero-order valence-electron chi connectivity index (χ0n) is 17.5. The van der Waals surface area contributed by atoms with Crippen molar-refractivity contribution < 1.29 is 4.74 Å². The maximum absolute atomic E-state index is 11.8. The van der Waals surface area contributed by atoms with E-state index in [0.29, 0.717) is 54.9 Å². The quantitative estimate of drug-likeness (QED) is 0.368. The number of H-pyrrole nitrogens is 1. The Kier molecular flexibility index (Phi) is 5.34. The largest absolute Gasteiger partial charge is 0.378 e. The fourth-order valence-corrected chi connectivity index (χ4v) is 3.56. The highest BCUT2D eigenvalue weighted by Crippen LogP contribution is 2.25. The van der Waals surface area contributed by atoms with E-state index in [1.165, 1.54) is 6.07 Å². The molecule has 1 aromatic carbocycles. The lowest BCUT2D eigenvalue weighted by atomic mass is 10.2. The van der Waals surface area contributed by atoms with E-state index in [9.17, 15) is 4.79 Å². The van der Waals surface area contributed by atoms with Crippen LogP contribution >= 0.6 is 0 Å². The summed E-state index contributed by atoms with van der Waals surface area (Å²) in [7, 11) is 0. The van der Waals surface area contributed by atoms with E-state index in [1.807, 2.05) is 31.2 Å². The van der Waals surface area contributed by atoms with E-state index >= 15 is 0 Å². The first kappa shape index (κ1) is 19.9. The van der Waals surface area contributed by atoms with Gasteiger partial charge in [-0.2, -0.15) is 15.1 Å². The number of pyridine rings is 1. The van der Waals surface area contributed by atoms with Crippen molar-refractivity contribution in [1.29, 1.82) is 0 Å². The molecule has 0 amide bonds. The number of aromatic amines is 1. The van der Waals surface area contributed by atoms with Crippen LogP contribution in [0.2, 0.25) is 0 Å². The molecule has 1 fully saturated rings. The number of fused-ring (bicyclic) bond motifs is 1. The van der Waals surface area contributed by atoms with E-state index in [0.717, 1.165) is 11.1 Å². The van der Waals surface area contributed by atoms with Gasteiger partial charge in [-0.15, -0.1) is 0 Å². The van der Waals surface area contributed by atoms with Crippen molar-refractivity contribution in [3.63, 3.8) is 0 Å². The van der Waals surface area contributed by atoms with Gasteiger partial charge in [0.15, 0.2) is 17.0 Å². The first-order valence-electron chi connectivity index (χ1n) is 10.3. The Morgan fingerprint density at radius 2 is 2.06 bits per heavy atom. The number of imidazole rings is 1. The van der Waals surface area contributed by atoms with Crippen LogP contribution in [0, 0.1) is 6.92 Å². The summed E-state index contributed by atoms with van der Waals surface area (Å²) in [6.07, 6.45) is 4.97. The molecule has 3 aromatic heterocycles. The molecule has 10 heteroatoms. The topological polar surface area (TPSA) is 113 Å². The summed E-state index contributed by atoms with van der Waals surface area (Å²) < 4.78 is 7.23. The van der Waals surface area contributed by atoms with Gasteiger partial charge in [-0.1, -0.05) is 29.8 Å². The Morgan fingerprint density at radius 1 is 1.19 bits per heavy atom. The smallest absolute Gasteiger partial charge is 0.250 e. The van der Waals surface area contributed by atoms with Gasteiger partial charge in [-0.3, -0.25) is 14.8 Å². The van der Waals surface area contributed by atoms with E-state index < -0.39 is 0 Å². The number of nitrogens with zero attached hydrogens (tertiary/aromatic N) is 6. The maximum Gasteiger partial charge on any atom is 0.250 e. The predicted octanol–water partition coefficient (Wildman–Crippen LogP) is 2.09. The van der Waals surface area contributed by atoms with Crippen molar-refractivity contribution >= 4 is 29.1 Å². The molecule has 4 heterocycles. The van der Waals surface area contributed by atoms with Crippen molar-refractivity contribution in [2.45, 2.75) is 6.92 Å². The molecule has 0 bridgehead atoms. The van der Waals surface area contributed by atoms with Crippen molar-refractivity contribution in [3.8, 4) is 5.69 Å². The number of anilines is 2. The van der Waals surface area contributed by atoms with Crippen molar-refractivity contribution in [2.24, 2.45) is 5.10 Å². The van der Waals surface area contributed by atoms with Gasteiger partial charge in [0, 0.05) is 25.4 Å². The predicted molar refractivity (Wildman–Crippen MR) is 123 cm³/mol. The molecule has 1 saturated heterocycles. The van der Waals surface area contributed by atoms with Gasteiger partial charge >= 0.3 is 0 Å². The molecule has 10 nitrogen and oxygen atoms in total. The number of morpholine rings is 1. The highest BCUT2D eigenvalue weighted by atomic mass is 16.5. The fraction of sp³-hybridized carbons (Fsp3) is 0.227. The van der Waals surface area contributed by atoms with Crippen LogP contribution in [0.1, 0.15) is 11.1 Å². The summed E-state index contributed by atoms with van der Waals surface area (Å²) in [5.41, 5.74) is 6.77. The van der Waals surface area contributed by atoms with Crippen LogP contribution in [0.5, 0.6) is 0 Å². The van der Waals surface area contributed by atoms with Crippen LogP contribution < -0.4 is 15.9 Å². The van der Waals surface area contributed by atoms with E-state index in [4.69, 9.17) is 9.72 Å². The number of aryl methyl sites for hydroxylation is 1. The zero-order chi connectivity index (χ0) is 21.9. The highest BCUT2D eigenvalue weighted by molar-refractivity contribution is 5.87. The minimum Gasteiger partial charge on any atom is -0.378 e. The van der Waals surface area contributed by atoms with Crippen LogP contribution in [0.25, 0.3) is 16.9 Å². The van der Waals surface area contributed by atoms with Gasteiger partial charge in [0.1, 0.15) is 6.33 Å². The first-order valence-corrected chi connectivity index (χ1v) is 10.3. The second kappa shape index (κ2) is 8.60. The van der Waals surface area contributed by atoms with Crippen LogP contribution in [-0.4, -0.2) is 57.0 Å². The molecule has 1 aliphatic rings. The van der Waals surface area contributed by atoms with Crippen LogP contribution in [0.3, 0.4) is 0 Å². The Bertz CT molecular complexity index is 1340.